The third-order valence-corrected chi connectivity index (χ3v) is 3.10. The van der Waals surface area contributed by atoms with Gasteiger partial charge in [-0.25, -0.2) is 0 Å². The first-order chi connectivity index (χ1) is 8.70. The third kappa shape index (κ3) is 3.47. The Balaban J connectivity index is 1.86. The van der Waals surface area contributed by atoms with Crippen molar-refractivity contribution < 1.29 is 14.6 Å². The molecule has 1 saturated carbocycles. The van der Waals surface area contributed by atoms with Gasteiger partial charge in [0.25, 0.3) is 5.91 Å². The molecule has 2 rings (SSSR count). The van der Waals surface area contributed by atoms with E-state index in [1.807, 2.05) is 19.1 Å². The van der Waals surface area contributed by atoms with Crippen LogP contribution in [0, 0.1) is 12.8 Å². The second kappa shape index (κ2) is 5.87. The predicted octanol–water partition coefficient (Wildman–Crippen LogP) is 1.39. The Morgan fingerprint density at radius 1 is 1.50 bits per heavy atom. The smallest absolute Gasteiger partial charge is 0.257 e. The van der Waals surface area contributed by atoms with E-state index in [0.717, 1.165) is 12.1 Å². The quantitative estimate of drug-likeness (QED) is 0.801. The molecule has 0 aliphatic heterocycles. The monoisotopic (exact) mass is 249 g/mol. The van der Waals surface area contributed by atoms with Crippen molar-refractivity contribution in [2.45, 2.75) is 26.4 Å². The molecule has 18 heavy (non-hydrogen) atoms. The number of nitrogens with one attached hydrogen (secondary N) is 1. The van der Waals surface area contributed by atoms with E-state index in [1.165, 1.54) is 12.8 Å². The van der Waals surface area contributed by atoms with Crippen molar-refractivity contribution in [2.24, 2.45) is 5.92 Å². The zero-order valence-electron chi connectivity index (χ0n) is 10.6. The summed E-state index contributed by atoms with van der Waals surface area (Å²) >= 11 is 0. The van der Waals surface area contributed by atoms with Crippen molar-refractivity contribution in [1.82, 2.24) is 5.32 Å². The number of para-hydroxylation sites is 1. The van der Waals surface area contributed by atoms with Gasteiger partial charge in [0.2, 0.25) is 0 Å². The van der Waals surface area contributed by atoms with E-state index < -0.39 is 0 Å². The van der Waals surface area contributed by atoms with Gasteiger partial charge in [-0.05, 0) is 31.2 Å². The van der Waals surface area contributed by atoms with Gasteiger partial charge in [-0.15, -0.1) is 0 Å². The summed E-state index contributed by atoms with van der Waals surface area (Å²) in [7, 11) is 0. The first-order valence-electron chi connectivity index (χ1n) is 6.29. The van der Waals surface area contributed by atoms with Crippen LogP contribution in [0.5, 0.6) is 5.75 Å². The topological polar surface area (TPSA) is 58.6 Å². The Labute approximate surface area is 107 Å². The lowest BCUT2D eigenvalue weighted by Crippen LogP contribution is -2.30. The van der Waals surface area contributed by atoms with Crippen LogP contribution >= 0.6 is 0 Å². The Morgan fingerprint density at radius 3 is 2.94 bits per heavy atom. The molecule has 1 aromatic rings. The van der Waals surface area contributed by atoms with Gasteiger partial charge in [0.05, 0.1) is 6.61 Å². The average Bonchev–Trinajstić information content (AvgIpc) is 3.18. The number of carbonyl (C=O) groups is 1. The zero-order valence-corrected chi connectivity index (χ0v) is 10.6. The second-order valence-corrected chi connectivity index (χ2v) is 4.76. The number of carbonyl (C=O) groups excluding carboxylic acids is 1. The maximum Gasteiger partial charge on any atom is 0.257 e. The number of benzene rings is 1. The van der Waals surface area contributed by atoms with Crippen molar-refractivity contribution in [2.75, 3.05) is 13.2 Å². The van der Waals surface area contributed by atoms with E-state index in [2.05, 4.69) is 5.32 Å². The lowest BCUT2D eigenvalue weighted by molar-refractivity contribution is -0.123. The summed E-state index contributed by atoms with van der Waals surface area (Å²) in [5.41, 5.74) is 1.64. The van der Waals surface area contributed by atoms with E-state index in [9.17, 15) is 9.90 Å². The first-order valence-corrected chi connectivity index (χ1v) is 6.29. The van der Waals surface area contributed by atoms with Crippen LogP contribution in [0.2, 0.25) is 0 Å². The summed E-state index contributed by atoms with van der Waals surface area (Å²) < 4.78 is 5.50. The second-order valence-electron chi connectivity index (χ2n) is 4.76. The molecule has 0 bridgehead atoms. The zero-order chi connectivity index (χ0) is 13.0. The largest absolute Gasteiger partial charge is 0.483 e. The predicted molar refractivity (Wildman–Crippen MR) is 68.3 cm³/mol. The number of aliphatic hydroxyl groups is 1. The molecule has 4 nitrogen and oxygen atoms in total. The first kappa shape index (κ1) is 12.9. The standard InChI is InChI=1S/C14H19NO3/c1-10-3-2-4-12(8-16)14(10)18-9-13(17)15-7-11-5-6-11/h2-4,11,16H,5-9H2,1H3,(H,15,17). The van der Waals surface area contributed by atoms with Gasteiger partial charge < -0.3 is 15.2 Å². The van der Waals surface area contributed by atoms with Gasteiger partial charge in [0, 0.05) is 12.1 Å². The molecular formula is C14H19NO3. The molecular weight excluding hydrogens is 230 g/mol. The van der Waals surface area contributed by atoms with E-state index in [-0.39, 0.29) is 19.1 Å². The van der Waals surface area contributed by atoms with Crippen molar-refractivity contribution >= 4 is 5.91 Å². The Bertz CT molecular complexity index is 427. The molecule has 2 N–H and O–H groups in total. The fourth-order valence-corrected chi connectivity index (χ4v) is 1.81. The number of hydrogen-bond donors (Lipinski definition) is 2. The average molecular weight is 249 g/mol. The lowest BCUT2D eigenvalue weighted by atomic mass is 10.1. The summed E-state index contributed by atoms with van der Waals surface area (Å²) in [5.74, 6) is 1.18. The van der Waals surface area contributed by atoms with Gasteiger partial charge in [-0.1, -0.05) is 18.2 Å². The lowest BCUT2D eigenvalue weighted by Gasteiger charge is -2.12. The summed E-state index contributed by atoms with van der Waals surface area (Å²) in [6, 6.07) is 5.56. The van der Waals surface area contributed by atoms with Crippen molar-refractivity contribution in [3.63, 3.8) is 0 Å². The molecule has 4 heteroatoms. The molecule has 1 fully saturated rings. The molecule has 0 radical (unpaired) electrons. The molecule has 1 aliphatic rings. The van der Waals surface area contributed by atoms with Gasteiger partial charge in [-0.3, -0.25) is 4.79 Å². The van der Waals surface area contributed by atoms with E-state index in [4.69, 9.17) is 4.74 Å². The number of aliphatic hydroxyl groups excluding tert-OH is 1. The molecule has 0 unspecified atom stereocenters. The SMILES string of the molecule is Cc1cccc(CO)c1OCC(=O)NCC1CC1. The van der Waals surface area contributed by atoms with Crippen LogP contribution < -0.4 is 10.1 Å². The summed E-state index contributed by atoms with van der Waals surface area (Å²) in [5, 5.41) is 12.1. The highest BCUT2D eigenvalue weighted by Gasteiger charge is 2.21. The van der Waals surface area contributed by atoms with Gasteiger partial charge in [0.1, 0.15) is 5.75 Å². The van der Waals surface area contributed by atoms with E-state index in [0.29, 0.717) is 17.2 Å². The number of ether oxygens (including phenoxy) is 1. The molecule has 1 amide bonds. The number of amides is 1. The van der Waals surface area contributed by atoms with Gasteiger partial charge in [-0.2, -0.15) is 0 Å². The minimum absolute atomic E-state index is 0.00454. The van der Waals surface area contributed by atoms with Crippen molar-refractivity contribution in [3.05, 3.63) is 29.3 Å². The molecule has 0 heterocycles. The highest BCUT2D eigenvalue weighted by Crippen LogP contribution is 2.27. The van der Waals surface area contributed by atoms with Gasteiger partial charge in [0.15, 0.2) is 6.61 Å². The maximum atomic E-state index is 11.6. The molecule has 0 aromatic heterocycles. The number of rotatable bonds is 6. The Kier molecular flexibility index (Phi) is 4.20. The van der Waals surface area contributed by atoms with Crippen LogP contribution in [0.25, 0.3) is 0 Å². The van der Waals surface area contributed by atoms with Crippen molar-refractivity contribution in [3.8, 4) is 5.75 Å². The third-order valence-electron chi connectivity index (χ3n) is 3.10. The minimum Gasteiger partial charge on any atom is -0.483 e. The van der Waals surface area contributed by atoms with Crippen molar-refractivity contribution in [1.29, 1.82) is 0 Å². The number of aryl methyl sites for hydroxylation is 1. The normalized spacial score (nSPS) is 14.3. The molecule has 1 aromatic carbocycles. The molecule has 98 valence electrons. The van der Waals surface area contributed by atoms with Crippen LogP contribution in [-0.2, 0) is 11.4 Å². The van der Waals surface area contributed by atoms with Crippen LogP contribution in [0.1, 0.15) is 24.0 Å². The Morgan fingerprint density at radius 2 is 2.28 bits per heavy atom. The van der Waals surface area contributed by atoms with Crippen LogP contribution in [-0.4, -0.2) is 24.2 Å². The molecule has 0 saturated heterocycles. The van der Waals surface area contributed by atoms with E-state index in [1.54, 1.807) is 6.07 Å². The fraction of sp³-hybridized carbons (Fsp3) is 0.500. The summed E-state index contributed by atoms with van der Waals surface area (Å²) in [4.78, 5) is 11.6. The number of hydrogen-bond acceptors (Lipinski definition) is 3. The molecule has 0 spiro atoms. The van der Waals surface area contributed by atoms with Crippen LogP contribution in [0.3, 0.4) is 0 Å². The maximum absolute atomic E-state index is 11.6. The highest BCUT2D eigenvalue weighted by molar-refractivity contribution is 5.77. The fourth-order valence-electron chi connectivity index (χ4n) is 1.81. The highest BCUT2D eigenvalue weighted by atomic mass is 16.5. The Hall–Kier alpha value is -1.55. The van der Waals surface area contributed by atoms with Gasteiger partial charge >= 0.3 is 0 Å². The van der Waals surface area contributed by atoms with Crippen LogP contribution in [0.4, 0.5) is 0 Å². The van der Waals surface area contributed by atoms with E-state index >= 15 is 0 Å². The summed E-state index contributed by atoms with van der Waals surface area (Å²) in [6.45, 7) is 2.57. The molecule has 0 atom stereocenters. The molecule has 1 aliphatic carbocycles. The summed E-state index contributed by atoms with van der Waals surface area (Å²) in [6.07, 6.45) is 2.43. The van der Waals surface area contributed by atoms with Crippen LogP contribution in [0.15, 0.2) is 18.2 Å². The minimum atomic E-state index is -0.103.